The number of alkyl halides is 3. The predicted octanol–water partition coefficient (Wildman–Crippen LogP) is 5.30. The Morgan fingerprint density at radius 2 is 1.91 bits per heavy atom. The second kappa shape index (κ2) is 7.82. The maximum atomic E-state index is 12.6. The van der Waals surface area contributed by atoms with Crippen LogP contribution in [0.15, 0.2) is 47.6 Å². The van der Waals surface area contributed by atoms with E-state index in [0.717, 1.165) is 24.1 Å². The molecule has 0 unspecified atom stereocenters. The van der Waals surface area contributed by atoms with Crippen LogP contribution in [0.2, 0.25) is 0 Å². The third-order valence-electron chi connectivity index (χ3n) is 2.84. The molecule has 1 rings (SSSR count). The van der Waals surface area contributed by atoms with E-state index in [-0.39, 0.29) is 5.75 Å². The fraction of sp³-hybridized carbons (Fsp3) is 0.353. The molecule has 2 nitrogen and oxygen atoms in total. The topological polar surface area (TPSA) is 26.3 Å². The predicted molar refractivity (Wildman–Crippen MR) is 79.5 cm³/mol. The molecule has 0 heterocycles. The largest absolute Gasteiger partial charge is 0.423 e. The molecule has 0 atom stereocenters. The van der Waals surface area contributed by atoms with E-state index in [4.69, 9.17) is 4.74 Å². The molecule has 0 radical (unpaired) electrons. The van der Waals surface area contributed by atoms with Gasteiger partial charge in [-0.05, 0) is 51.8 Å². The first kappa shape index (κ1) is 18.0. The fourth-order valence-electron chi connectivity index (χ4n) is 1.74. The Kier molecular flexibility index (Phi) is 6.40. The standard InChI is InChI=1S/C17H19F3O2/c1-12(2)6-4-7-13(3)10-16(21)22-15-9-5-8-14(11-15)17(18,19)20/h5-6,8-11H,4,7H2,1-3H3/b13-10+. The second-order valence-corrected chi connectivity index (χ2v) is 5.26. The summed E-state index contributed by atoms with van der Waals surface area (Å²) < 4.78 is 42.6. The van der Waals surface area contributed by atoms with E-state index >= 15 is 0 Å². The van der Waals surface area contributed by atoms with Gasteiger partial charge < -0.3 is 4.74 Å². The number of rotatable bonds is 5. The van der Waals surface area contributed by atoms with Crippen molar-refractivity contribution in [1.29, 1.82) is 0 Å². The van der Waals surface area contributed by atoms with Crippen molar-refractivity contribution in [2.75, 3.05) is 0 Å². The highest BCUT2D eigenvalue weighted by atomic mass is 19.4. The normalized spacial score (nSPS) is 12.0. The molecule has 0 N–H and O–H groups in total. The summed E-state index contributed by atoms with van der Waals surface area (Å²) in [6.45, 7) is 5.76. The van der Waals surface area contributed by atoms with Gasteiger partial charge in [0, 0.05) is 6.08 Å². The summed E-state index contributed by atoms with van der Waals surface area (Å²) in [5.41, 5.74) is 1.16. The van der Waals surface area contributed by atoms with Crippen molar-refractivity contribution in [3.05, 3.63) is 53.1 Å². The molecule has 120 valence electrons. The highest BCUT2D eigenvalue weighted by Gasteiger charge is 2.30. The lowest BCUT2D eigenvalue weighted by Crippen LogP contribution is -2.08. The van der Waals surface area contributed by atoms with Crippen molar-refractivity contribution in [3.63, 3.8) is 0 Å². The van der Waals surface area contributed by atoms with Gasteiger partial charge in [-0.2, -0.15) is 13.2 Å². The van der Waals surface area contributed by atoms with E-state index in [2.05, 4.69) is 6.08 Å². The monoisotopic (exact) mass is 312 g/mol. The molecule has 0 aliphatic carbocycles. The summed E-state index contributed by atoms with van der Waals surface area (Å²) in [4.78, 5) is 11.7. The summed E-state index contributed by atoms with van der Waals surface area (Å²) in [6.07, 6.45) is 0.400. The van der Waals surface area contributed by atoms with Crippen LogP contribution in [0.25, 0.3) is 0 Å². The van der Waals surface area contributed by atoms with Crippen LogP contribution < -0.4 is 4.74 Å². The van der Waals surface area contributed by atoms with Crippen LogP contribution in [0.4, 0.5) is 13.2 Å². The van der Waals surface area contributed by atoms with Gasteiger partial charge in [-0.15, -0.1) is 0 Å². The first-order valence-corrected chi connectivity index (χ1v) is 6.88. The number of esters is 1. The molecule has 0 bridgehead atoms. The average Bonchev–Trinajstić information content (AvgIpc) is 2.37. The first-order chi connectivity index (χ1) is 10.2. The smallest absolute Gasteiger partial charge is 0.416 e. The quantitative estimate of drug-likeness (QED) is 0.319. The van der Waals surface area contributed by atoms with Gasteiger partial charge in [0.15, 0.2) is 0 Å². The molecule has 5 heteroatoms. The molecule has 0 spiro atoms. The van der Waals surface area contributed by atoms with Crippen LogP contribution in [0.1, 0.15) is 39.2 Å². The highest BCUT2D eigenvalue weighted by molar-refractivity contribution is 5.84. The second-order valence-electron chi connectivity index (χ2n) is 5.26. The lowest BCUT2D eigenvalue weighted by Gasteiger charge is -2.08. The molecule has 1 aromatic carbocycles. The fourth-order valence-corrected chi connectivity index (χ4v) is 1.74. The van der Waals surface area contributed by atoms with Gasteiger partial charge in [0.05, 0.1) is 5.56 Å². The van der Waals surface area contributed by atoms with Crippen molar-refractivity contribution >= 4 is 5.97 Å². The number of carbonyl (C=O) groups is 1. The van der Waals surface area contributed by atoms with Crippen LogP contribution in [0.3, 0.4) is 0 Å². The molecule has 0 saturated heterocycles. The SMILES string of the molecule is CC(C)=CCC/C(C)=C/C(=O)Oc1cccc(C(F)(F)F)c1. The zero-order valence-electron chi connectivity index (χ0n) is 12.8. The van der Waals surface area contributed by atoms with E-state index < -0.39 is 17.7 Å². The maximum Gasteiger partial charge on any atom is 0.416 e. The van der Waals surface area contributed by atoms with Gasteiger partial charge in [-0.1, -0.05) is 23.3 Å². The highest BCUT2D eigenvalue weighted by Crippen LogP contribution is 2.31. The summed E-state index contributed by atoms with van der Waals surface area (Å²) in [5, 5.41) is 0. The molecule has 0 aromatic heterocycles. The van der Waals surface area contributed by atoms with Crippen molar-refractivity contribution in [1.82, 2.24) is 0 Å². The van der Waals surface area contributed by atoms with Crippen molar-refractivity contribution < 1.29 is 22.7 Å². The molecular formula is C17H19F3O2. The molecule has 1 aromatic rings. The number of halogens is 3. The number of carbonyl (C=O) groups excluding carboxylic acids is 1. The molecule has 0 aliphatic heterocycles. The Hall–Kier alpha value is -2.04. The number of allylic oxidation sites excluding steroid dienone is 3. The van der Waals surface area contributed by atoms with Gasteiger partial charge in [0.1, 0.15) is 5.75 Å². The minimum atomic E-state index is -4.46. The van der Waals surface area contributed by atoms with Crippen LogP contribution in [-0.2, 0) is 11.0 Å². The summed E-state index contributed by atoms with van der Waals surface area (Å²) in [6, 6.07) is 4.26. The molecule has 0 fully saturated rings. The Morgan fingerprint density at radius 3 is 2.50 bits per heavy atom. The van der Waals surface area contributed by atoms with Gasteiger partial charge in [-0.3, -0.25) is 0 Å². The maximum absolute atomic E-state index is 12.6. The van der Waals surface area contributed by atoms with E-state index in [1.165, 1.54) is 23.8 Å². The van der Waals surface area contributed by atoms with Gasteiger partial charge in [0.25, 0.3) is 0 Å². The van der Waals surface area contributed by atoms with Crippen LogP contribution >= 0.6 is 0 Å². The number of hydrogen-bond donors (Lipinski definition) is 0. The molecule has 0 saturated carbocycles. The van der Waals surface area contributed by atoms with Crippen molar-refractivity contribution in [2.24, 2.45) is 0 Å². The van der Waals surface area contributed by atoms with E-state index in [1.807, 2.05) is 13.8 Å². The summed E-state index contributed by atoms with van der Waals surface area (Å²) in [5.74, 6) is -0.790. The number of benzene rings is 1. The third-order valence-corrected chi connectivity index (χ3v) is 2.84. The van der Waals surface area contributed by atoms with Crippen molar-refractivity contribution in [2.45, 2.75) is 39.8 Å². The molecular weight excluding hydrogens is 293 g/mol. The van der Waals surface area contributed by atoms with E-state index in [9.17, 15) is 18.0 Å². The molecule has 22 heavy (non-hydrogen) atoms. The number of hydrogen-bond acceptors (Lipinski definition) is 2. The molecule has 0 amide bonds. The van der Waals surface area contributed by atoms with Crippen LogP contribution in [-0.4, -0.2) is 5.97 Å². The molecule has 0 aliphatic rings. The van der Waals surface area contributed by atoms with E-state index in [0.29, 0.717) is 6.42 Å². The van der Waals surface area contributed by atoms with E-state index in [1.54, 1.807) is 6.92 Å². The Labute approximate surface area is 128 Å². The van der Waals surface area contributed by atoms with Crippen LogP contribution in [0.5, 0.6) is 5.75 Å². The van der Waals surface area contributed by atoms with Gasteiger partial charge >= 0.3 is 12.1 Å². The Morgan fingerprint density at radius 1 is 1.23 bits per heavy atom. The van der Waals surface area contributed by atoms with Gasteiger partial charge in [-0.25, -0.2) is 4.79 Å². The average molecular weight is 312 g/mol. The lowest BCUT2D eigenvalue weighted by atomic mass is 10.1. The third kappa shape index (κ3) is 6.61. The number of ether oxygens (including phenoxy) is 1. The van der Waals surface area contributed by atoms with Crippen molar-refractivity contribution in [3.8, 4) is 5.75 Å². The van der Waals surface area contributed by atoms with Crippen LogP contribution in [0, 0.1) is 0 Å². The summed E-state index contributed by atoms with van der Waals surface area (Å²) >= 11 is 0. The first-order valence-electron chi connectivity index (χ1n) is 6.88. The van der Waals surface area contributed by atoms with Gasteiger partial charge in [0.2, 0.25) is 0 Å². The zero-order valence-corrected chi connectivity index (χ0v) is 12.8. The zero-order chi connectivity index (χ0) is 16.8. The minimum Gasteiger partial charge on any atom is -0.423 e. The lowest BCUT2D eigenvalue weighted by molar-refractivity contribution is -0.138. The minimum absolute atomic E-state index is 0.117. The summed E-state index contributed by atoms with van der Waals surface area (Å²) in [7, 11) is 0. The Balaban J connectivity index is 2.67. The Bertz CT molecular complexity index is 580.